The van der Waals surface area contributed by atoms with Gasteiger partial charge in [-0.25, -0.2) is 18.4 Å². The molecule has 0 atom stereocenters. The summed E-state index contributed by atoms with van der Waals surface area (Å²) >= 11 is 6.08. The molecule has 2 heterocycles. The number of hydrogen-bond acceptors (Lipinski definition) is 3. The lowest BCUT2D eigenvalue weighted by molar-refractivity contribution is 0.153. The number of hydrogen-bond donors (Lipinski definition) is 0. The van der Waals surface area contributed by atoms with Gasteiger partial charge in [0.25, 0.3) is 6.43 Å². The van der Waals surface area contributed by atoms with Crippen molar-refractivity contribution in [3.05, 3.63) is 76.4 Å². The minimum atomic E-state index is -2.65. The number of rotatable bonds is 5. The van der Waals surface area contributed by atoms with Crippen LogP contribution in [-0.4, -0.2) is 21.9 Å². The second-order valence-corrected chi connectivity index (χ2v) is 7.14. The summed E-state index contributed by atoms with van der Waals surface area (Å²) in [5.41, 5.74) is 2.90. The SMILES string of the molecule is COc1cccc(-c2cc(C(F)F)c3c(C)nn(Cc4cccc(Cl)c4)c3n2)c1. The third-order valence-corrected chi connectivity index (χ3v) is 4.96. The van der Waals surface area contributed by atoms with Crippen LogP contribution in [0.1, 0.15) is 23.2 Å². The molecule has 0 fully saturated rings. The Balaban J connectivity index is 1.90. The normalized spacial score (nSPS) is 11.4. The maximum absolute atomic E-state index is 13.9. The van der Waals surface area contributed by atoms with E-state index in [1.54, 1.807) is 43.0 Å². The van der Waals surface area contributed by atoms with Crippen LogP contribution < -0.4 is 4.74 Å². The molecule has 4 nitrogen and oxygen atoms in total. The summed E-state index contributed by atoms with van der Waals surface area (Å²) in [6.45, 7) is 2.09. The second-order valence-electron chi connectivity index (χ2n) is 6.70. The highest BCUT2D eigenvalue weighted by molar-refractivity contribution is 6.30. The smallest absolute Gasteiger partial charge is 0.264 e. The molecule has 2 aromatic carbocycles. The number of pyridine rings is 1. The molecule has 0 spiro atoms. The zero-order valence-electron chi connectivity index (χ0n) is 15.9. The lowest BCUT2D eigenvalue weighted by Crippen LogP contribution is -2.04. The molecule has 2 aromatic heterocycles. The van der Waals surface area contributed by atoms with Gasteiger partial charge in [0.2, 0.25) is 0 Å². The summed E-state index contributed by atoms with van der Waals surface area (Å²) in [5, 5.41) is 5.47. The van der Waals surface area contributed by atoms with Gasteiger partial charge in [-0.15, -0.1) is 0 Å². The monoisotopic (exact) mass is 413 g/mol. The van der Waals surface area contributed by atoms with E-state index in [1.165, 1.54) is 6.07 Å². The first-order chi connectivity index (χ1) is 14.0. The summed E-state index contributed by atoms with van der Waals surface area (Å²) < 4.78 is 34.7. The van der Waals surface area contributed by atoms with Crippen LogP contribution in [0.3, 0.4) is 0 Å². The van der Waals surface area contributed by atoms with E-state index in [0.717, 1.165) is 5.56 Å². The van der Waals surface area contributed by atoms with E-state index >= 15 is 0 Å². The topological polar surface area (TPSA) is 39.9 Å². The van der Waals surface area contributed by atoms with Crippen LogP contribution in [0.2, 0.25) is 5.02 Å². The van der Waals surface area contributed by atoms with Crippen LogP contribution in [0.5, 0.6) is 5.75 Å². The van der Waals surface area contributed by atoms with Gasteiger partial charge in [0.05, 0.1) is 30.4 Å². The van der Waals surface area contributed by atoms with E-state index in [1.807, 2.05) is 24.3 Å². The molecule has 0 saturated heterocycles. The molecule has 7 heteroatoms. The number of benzene rings is 2. The first kappa shape index (κ1) is 19.3. The zero-order valence-corrected chi connectivity index (χ0v) is 16.6. The average molecular weight is 414 g/mol. The van der Waals surface area contributed by atoms with Crippen molar-refractivity contribution in [2.45, 2.75) is 19.9 Å². The van der Waals surface area contributed by atoms with E-state index in [4.69, 9.17) is 16.3 Å². The first-order valence-electron chi connectivity index (χ1n) is 9.01. The molecular formula is C22H18ClF2N3O. The molecule has 4 aromatic rings. The number of alkyl halides is 2. The lowest BCUT2D eigenvalue weighted by Gasteiger charge is -2.10. The van der Waals surface area contributed by atoms with Crippen molar-refractivity contribution >= 4 is 22.6 Å². The van der Waals surface area contributed by atoms with Crippen molar-refractivity contribution in [1.82, 2.24) is 14.8 Å². The highest BCUT2D eigenvalue weighted by Gasteiger charge is 2.21. The maximum Gasteiger partial charge on any atom is 0.264 e. The van der Waals surface area contributed by atoms with Gasteiger partial charge in [-0.1, -0.05) is 35.9 Å². The predicted octanol–water partition coefficient (Wildman–Crippen LogP) is 6.05. The third-order valence-electron chi connectivity index (χ3n) is 4.73. The fourth-order valence-corrected chi connectivity index (χ4v) is 3.62. The van der Waals surface area contributed by atoms with Crippen LogP contribution in [0.15, 0.2) is 54.6 Å². The minimum absolute atomic E-state index is 0.0809. The molecule has 0 unspecified atom stereocenters. The van der Waals surface area contributed by atoms with E-state index in [-0.39, 0.29) is 5.56 Å². The molecular weight excluding hydrogens is 396 g/mol. The van der Waals surface area contributed by atoms with Gasteiger partial charge < -0.3 is 4.74 Å². The van der Waals surface area contributed by atoms with Crippen molar-refractivity contribution in [2.75, 3.05) is 7.11 Å². The molecule has 0 aliphatic heterocycles. The zero-order chi connectivity index (χ0) is 20.5. The van der Waals surface area contributed by atoms with Gasteiger partial charge >= 0.3 is 0 Å². The Morgan fingerprint density at radius 3 is 2.62 bits per heavy atom. The highest BCUT2D eigenvalue weighted by Crippen LogP contribution is 2.34. The Morgan fingerprint density at radius 1 is 1.10 bits per heavy atom. The van der Waals surface area contributed by atoms with Crippen molar-refractivity contribution in [3.63, 3.8) is 0 Å². The van der Waals surface area contributed by atoms with Gasteiger partial charge in [-0.3, -0.25) is 0 Å². The highest BCUT2D eigenvalue weighted by atomic mass is 35.5. The molecule has 0 aliphatic carbocycles. The standard InChI is InChI=1S/C22H18ClF2N3O/c1-13-20-18(21(24)25)11-19(15-6-4-8-17(10-15)29-2)26-22(20)28(27-13)12-14-5-3-7-16(23)9-14/h3-11,21H,12H2,1-2H3. The van der Waals surface area contributed by atoms with Gasteiger partial charge in [0.1, 0.15) is 5.75 Å². The quantitative estimate of drug-likeness (QED) is 0.399. The maximum atomic E-state index is 13.9. The number of nitrogens with zero attached hydrogens (tertiary/aromatic N) is 3. The first-order valence-corrected chi connectivity index (χ1v) is 9.39. The fourth-order valence-electron chi connectivity index (χ4n) is 3.41. The Kier molecular flexibility index (Phi) is 5.20. The molecule has 0 aliphatic rings. The molecule has 0 amide bonds. The Hall–Kier alpha value is -2.99. The number of halogens is 3. The number of methoxy groups -OCH3 is 1. The molecule has 0 N–H and O–H groups in total. The Morgan fingerprint density at radius 2 is 1.90 bits per heavy atom. The fraction of sp³-hybridized carbons (Fsp3) is 0.182. The van der Waals surface area contributed by atoms with Crippen molar-refractivity contribution in [1.29, 1.82) is 0 Å². The Bertz CT molecular complexity index is 1190. The molecule has 4 rings (SSSR count). The summed E-state index contributed by atoms with van der Waals surface area (Å²) in [6, 6.07) is 16.0. The summed E-state index contributed by atoms with van der Waals surface area (Å²) in [5.74, 6) is 0.631. The van der Waals surface area contributed by atoms with Gasteiger partial charge in [0, 0.05) is 16.1 Å². The van der Waals surface area contributed by atoms with Crippen molar-refractivity contribution in [2.24, 2.45) is 0 Å². The number of fused-ring (bicyclic) bond motifs is 1. The average Bonchev–Trinajstić information content (AvgIpc) is 3.02. The summed E-state index contributed by atoms with van der Waals surface area (Å²) in [6.07, 6.45) is -2.65. The summed E-state index contributed by atoms with van der Waals surface area (Å²) in [4.78, 5) is 4.68. The molecule has 148 valence electrons. The molecule has 0 bridgehead atoms. The van der Waals surface area contributed by atoms with Gasteiger partial charge in [0.15, 0.2) is 5.65 Å². The van der Waals surface area contributed by atoms with Crippen LogP contribution in [-0.2, 0) is 6.54 Å². The van der Waals surface area contributed by atoms with E-state index in [9.17, 15) is 8.78 Å². The lowest BCUT2D eigenvalue weighted by atomic mass is 10.1. The van der Waals surface area contributed by atoms with Crippen LogP contribution >= 0.6 is 11.6 Å². The molecule has 0 saturated carbocycles. The molecule has 0 radical (unpaired) electrons. The van der Waals surface area contributed by atoms with Gasteiger partial charge in [-0.05, 0) is 42.8 Å². The van der Waals surface area contributed by atoms with E-state index in [0.29, 0.717) is 45.3 Å². The number of aryl methyl sites for hydroxylation is 1. The number of aromatic nitrogens is 3. The predicted molar refractivity (Wildman–Crippen MR) is 110 cm³/mol. The van der Waals surface area contributed by atoms with Crippen molar-refractivity contribution < 1.29 is 13.5 Å². The van der Waals surface area contributed by atoms with Crippen LogP contribution in [0.25, 0.3) is 22.3 Å². The summed E-state index contributed by atoms with van der Waals surface area (Å²) in [7, 11) is 1.56. The van der Waals surface area contributed by atoms with Gasteiger partial charge in [-0.2, -0.15) is 5.10 Å². The molecule has 29 heavy (non-hydrogen) atoms. The third kappa shape index (κ3) is 3.80. The van der Waals surface area contributed by atoms with Crippen molar-refractivity contribution in [3.8, 4) is 17.0 Å². The minimum Gasteiger partial charge on any atom is -0.497 e. The number of ether oxygens (including phenoxy) is 1. The second kappa shape index (κ2) is 7.79. The largest absolute Gasteiger partial charge is 0.497 e. The Labute approximate surface area is 171 Å². The van der Waals surface area contributed by atoms with E-state index in [2.05, 4.69) is 10.1 Å². The van der Waals surface area contributed by atoms with Crippen LogP contribution in [0, 0.1) is 6.92 Å². The van der Waals surface area contributed by atoms with Crippen LogP contribution in [0.4, 0.5) is 8.78 Å². The van der Waals surface area contributed by atoms with E-state index < -0.39 is 6.43 Å².